The van der Waals surface area contributed by atoms with Gasteiger partial charge in [-0.3, -0.25) is 9.20 Å². The zero-order valence-corrected chi connectivity index (χ0v) is 18.9. The Labute approximate surface area is 188 Å². The van der Waals surface area contributed by atoms with Gasteiger partial charge in [0.15, 0.2) is 4.96 Å². The molecule has 0 radical (unpaired) electrons. The first kappa shape index (κ1) is 21.9. The minimum atomic E-state index is -3.82. The lowest BCUT2D eigenvalue weighted by Crippen LogP contribution is -2.32. The fraction of sp³-hybridized carbons (Fsp3) is 0.350. The molecule has 3 aromatic rings. The molecule has 0 unspecified atom stereocenters. The molecular formula is C20H20ClN3O5S2. The molecule has 31 heavy (non-hydrogen) atoms. The summed E-state index contributed by atoms with van der Waals surface area (Å²) in [7, 11) is -3.82. The van der Waals surface area contributed by atoms with Crippen LogP contribution in [0.4, 0.5) is 0 Å². The van der Waals surface area contributed by atoms with Crippen LogP contribution in [-0.4, -0.2) is 41.2 Å². The number of sulfonamides is 1. The summed E-state index contributed by atoms with van der Waals surface area (Å²) in [6.07, 6.45) is 5.17. The van der Waals surface area contributed by atoms with Crippen LogP contribution in [0.1, 0.15) is 41.7 Å². The number of thiazole rings is 1. The summed E-state index contributed by atoms with van der Waals surface area (Å²) in [6.45, 7) is 0.652. The second-order valence-corrected chi connectivity index (χ2v) is 10.4. The van der Waals surface area contributed by atoms with Crippen LogP contribution in [0, 0.1) is 0 Å². The Bertz CT molecular complexity index is 1280. The number of halogens is 1. The number of ether oxygens (including phenoxy) is 1. The first-order chi connectivity index (χ1) is 14.9. The van der Waals surface area contributed by atoms with Gasteiger partial charge in [0.2, 0.25) is 10.0 Å². The van der Waals surface area contributed by atoms with E-state index in [9.17, 15) is 18.0 Å². The van der Waals surface area contributed by atoms with Crippen LogP contribution in [0.2, 0.25) is 5.02 Å². The summed E-state index contributed by atoms with van der Waals surface area (Å²) in [4.78, 5) is 29.3. The normalized spacial score (nSPS) is 15.6. The fourth-order valence-electron chi connectivity index (χ4n) is 3.43. The summed E-state index contributed by atoms with van der Waals surface area (Å²) in [6, 6.07) is 5.34. The molecule has 0 atom stereocenters. The number of esters is 1. The molecule has 3 heterocycles. The minimum absolute atomic E-state index is 0.0543. The highest BCUT2D eigenvalue weighted by Gasteiger charge is 2.28. The van der Waals surface area contributed by atoms with Crippen LogP contribution in [0.15, 0.2) is 45.5 Å². The van der Waals surface area contributed by atoms with Gasteiger partial charge in [-0.2, -0.15) is 4.31 Å². The maximum absolute atomic E-state index is 13.1. The largest absolute Gasteiger partial charge is 0.456 e. The number of aromatic nitrogens is 2. The topological polar surface area (TPSA) is 98.0 Å². The highest BCUT2D eigenvalue weighted by Crippen LogP contribution is 2.28. The van der Waals surface area contributed by atoms with E-state index in [0.29, 0.717) is 23.7 Å². The van der Waals surface area contributed by atoms with Gasteiger partial charge in [0.25, 0.3) is 5.56 Å². The smallest absolute Gasteiger partial charge is 0.338 e. The molecule has 0 amide bonds. The highest BCUT2D eigenvalue weighted by molar-refractivity contribution is 7.89. The Morgan fingerprint density at radius 3 is 2.65 bits per heavy atom. The van der Waals surface area contributed by atoms with Crippen molar-refractivity contribution in [2.75, 3.05) is 13.1 Å². The van der Waals surface area contributed by atoms with E-state index < -0.39 is 16.0 Å². The summed E-state index contributed by atoms with van der Waals surface area (Å²) < 4.78 is 34.3. The van der Waals surface area contributed by atoms with E-state index in [-0.39, 0.29) is 27.6 Å². The van der Waals surface area contributed by atoms with Crippen molar-refractivity contribution in [2.45, 2.75) is 37.2 Å². The molecule has 0 bridgehead atoms. The number of carbonyl (C=O) groups excluding carboxylic acids is 1. The minimum Gasteiger partial charge on any atom is -0.456 e. The molecule has 0 N–H and O–H groups in total. The number of hydrogen-bond donors (Lipinski definition) is 0. The third kappa shape index (κ3) is 4.67. The Hall–Kier alpha value is -2.27. The summed E-state index contributed by atoms with van der Waals surface area (Å²) in [5.41, 5.74) is 0.105. The number of benzene rings is 1. The summed E-state index contributed by atoms with van der Waals surface area (Å²) >= 11 is 7.47. The monoisotopic (exact) mass is 481 g/mol. The maximum Gasteiger partial charge on any atom is 0.338 e. The molecule has 1 aliphatic heterocycles. The van der Waals surface area contributed by atoms with Crippen molar-refractivity contribution in [2.24, 2.45) is 0 Å². The van der Waals surface area contributed by atoms with E-state index in [1.54, 1.807) is 11.6 Å². The van der Waals surface area contributed by atoms with Crippen LogP contribution in [0.3, 0.4) is 0 Å². The van der Waals surface area contributed by atoms with Crippen LogP contribution >= 0.6 is 22.9 Å². The van der Waals surface area contributed by atoms with Crippen molar-refractivity contribution in [3.63, 3.8) is 0 Å². The zero-order valence-electron chi connectivity index (χ0n) is 16.5. The molecule has 8 nitrogen and oxygen atoms in total. The van der Waals surface area contributed by atoms with E-state index in [1.807, 2.05) is 0 Å². The van der Waals surface area contributed by atoms with Crippen molar-refractivity contribution >= 4 is 43.9 Å². The molecular weight excluding hydrogens is 462 g/mol. The Kier molecular flexibility index (Phi) is 6.42. The Morgan fingerprint density at radius 1 is 1.16 bits per heavy atom. The molecule has 1 fully saturated rings. The van der Waals surface area contributed by atoms with Crippen molar-refractivity contribution < 1.29 is 17.9 Å². The predicted molar refractivity (Wildman–Crippen MR) is 117 cm³/mol. The molecule has 1 saturated heterocycles. The van der Waals surface area contributed by atoms with Crippen LogP contribution in [-0.2, 0) is 21.4 Å². The van der Waals surface area contributed by atoms with E-state index in [4.69, 9.17) is 16.3 Å². The van der Waals surface area contributed by atoms with Crippen LogP contribution in [0.25, 0.3) is 4.96 Å². The number of rotatable bonds is 5. The van der Waals surface area contributed by atoms with Gasteiger partial charge in [-0.15, -0.1) is 11.3 Å². The van der Waals surface area contributed by atoms with Crippen LogP contribution < -0.4 is 5.56 Å². The molecule has 4 rings (SSSR count). The number of fused-ring (bicyclic) bond motifs is 1. The van der Waals surface area contributed by atoms with Gasteiger partial charge in [0.1, 0.15) is 11.5 Å². The number of hydrogen-bond acceptors (Lipinski definition) is 7. The van der Waals surface area contributed by atoms with Crippen molar-refractivity contribution in [1.82, 2.24) is 13.7 Å². The SMILES string of the molecule is O=C(OCc1cc(=O)n2ccsc2n1)c1ccc(Cl)c(S(=O)(=O)N2CCCCCC2)c1. The predicted octanol–water partition coefficient (Wildman–Crippen LogP) is 3.33. The van der Waals surface area contributed by atoms with Crippen molar-refractivity contribution in [3.05, 3.63) is 62.5 Å². The van der Waals surface area contributed by atoms with Gasteiger partial charge in [-0.25, -0.2) is 18.2 Å². The average molecular weight is 482 g/mol. The first-order valence-electron chi connectivity index (χ1n) is 9.79. The summed E-state index contributed by atoms with van der Waals surface area (Å²) in [5, 5.41) is 1.79. The fourth-order valence-corrected chi connectivity index (χ4v) is 6.19. The van der Waals surface area contributed by atoms with E-state index in [2.05, 4.69) is 4.98 Å². The van der Waals surface area contributed by atoms with Gasteiger partial charge in [0, 0.05) is 30.7 Å². The van der Waals surface area contributed by atoms with E-state index in [0.717, 1.165) is 25.7 Å². The molecule has 164 valence electrons. The first-order valence-corrected chi connectivity index (χ1v) is 12.5. The molecule has 0 saturated carbocycles. The molecule has 1 aromatic carbocycles. The van der Waals surface area contributed by atoms with E-state index in [1.165, 1.54) is 44.3 Å². The molecule has 0 spiro atoms. The molecule has 2 aromatic heterocycles. The second-order valence-electron chi connectivity index (χ2n) is 7.18. The summed E-state index contributed by atoms with van der Waals surface area (Å²) in [5.74, 6) is -0.725. The lowest BCUT2D eigenvalue weighted by molar-refractivity contribution is 0.0467. The standard InChI is InChI=1S/C20H20ClN3O5S2/c21-16-6-5-14(11-17(16)31(27,28)23-7-3-1-2-4-8-23)19(26)29-13-15-12-18(25)24-9-10-30-20(24)22-15/h5-6,9-12H,1-4,7-8,13H2. The number of nitrogens with zero attached hydrogens (tertiary/aromatic N) is 3. The van der Waals surface area contributed by atoms with Gasteiger partial charge < -0.3 is 4.74 Å². The third-order valence-corrected chi connectivity index (χ3v) is 8.19. The molecule has 11 heteroatoms. The van der Waals surface area contributed by atoms with Gasteiger partial charge >= 0.3 is 5.97 Å². The van der Waals surface area contributed by atoms with Crippen molar-refractivity contribution in [3.8, 4) is 0 Å². The Balaban J connectivity index is 1.54. The average Bonchev–Trinajstić information content (AvgIpc) is 3.05. The lowest BCUT2D eigenvalue weighted by Gasteiger charge is -2.21. The van der Waals surface area contributed by atoms with Crippen molar-refractivity contribution in [1.29, 1.82) is 0 Å². The maximum atomic E-state index is 13.1. The lowest BCUT2D eigenvalue weighted by atomic mass is 10.2. The third-order valence-electron chi connectivity index (χ3n) is 5.06. The molecule has 1 aliphatic rings. The zero-order chi connectivity index (χ0) is 22.0. The molecule has 0 aliphatic carbocycles. The highest BCUT2D eigenvalue weighted by atomic mass is 35.5. The van der Waals surface area contributed by atoms with Gasteiger partial charge in [0.05, 0.1) is 16.3 Å². The van der Waals surface area contributed by atoms with Crippen LogP contribution in [0.5, 0.6) is 0 Å². The van der Waals surface area contributed by atoms with E-state index >= 15 is 0 Å². The Morgan fingerprint density at radius 2 is 1.90 bits per heavy atom. The van der Waals surface area contributed by atoms with Gasteiger partial charge in [-0.1, -0.05) is 24.4 Å². The second kappa shape index (κ2) is 9.07. The van der Waals surface area contributed by atoms with Gasteiger partial charge in [-0.05, 0) is 31.0 Å². The number of carbonyl (C=O) groups is 1. The quantitative estimate of drug-likeness (QED) is 0.518.